The van der Waals surface area contributed by atoms with E-state index < -0.39 is 17.6 Å². The predicted octanol–water partition coefficient (Wildman–Crippen LogP) is 6.19. The zero-order valence-electron chi connectivity index (χ0n) is 12.6. The second-order valence-corrected chi connectivity index (χ2v) is 6.13. The third kappa shape index (κ3) is 3.28. The van der Waals surface area contributed by atoms with Crippen molar-refractivity contribution in [2.24, 2.45) is 0 Å². The summed E-state index contributed by atoms with van der Waals surface area (Å²) in [4.78, 5) is 4.19. The van der Waals surface area contributed by atoms with Crippen molar-refractivity contribution in [1.29, 1.82) is 0 Å². The second-order valence-electron chi connectivity index (χ2n) is 5.33. The maximum absolute atomic E-state index is 12.3. The molecule has 4 aromatic rings. The van der Waals surface area contributed by atoms with E-state index in [1.54, 1.807) is 24.5 Å². The Balaban J connectivity index is 1.80. The van der Waals surface area contributed by atoms with Gasteiger partial charge in [0.1, 0.15) is 17.1 Å². The number of halogens is 3. The number of fused-ring (bicyclic) bond motifs is 2. The number of rotatable bonds is 3. The molecule has 0 atom stereocenters. The van der Waals surface area contributed by atoms with E-state index in [2.05, 4.69) is 4.98 Å². The summed E-state index contributed by atoms with van der Waals surface area (Å²) in [5, 5.41) is 2.42. The highest BCUT2D eigenvalue weighted by molar-refractivity contribution is 7.95. The predicted molar refractivity (Wildman–Crippen MR) is 91.2 cm³/mol. The third-order valence-corrected chi connectivity index (χ3v) is 4.12. The van der Waals surface area contributed by atoms with Crippen LogP contribution in [0.4, 0.5) is 13.2 Å². The normalized spacial score (nSPS) is 12.0. The zero-order valence-corrected chi connectivity index (χ0v) is 13.4. The van der Waals surface area contributed by atoms with Gasteiger partial charge in [0.15, 0.2) is 12.0 Å². The van der Waals surface area contributed by atoms with E-state index in [4.69, 9.17) is 8.60 Å². The zero-order chi connectivity index (χ0) is 17.4. The molecule has 0 N–H and O–H groups in total. The number of para-hydroxylation sites is 1. The molecular weight excluding hydrogens is 351 g/mol. The van der Waals surface area contributed by atoms with Gasteiger partial charge in [0.2, 0.25) is 0 Å². The molecule has 2 aromatic heterocycles. The Labute approximate surface area is 144 Å². The van der Waals surface area contributed by atoms with Gasteiger partial charge in [-0.2, -0.15) is 13.2 Å². The van der Waals surface area contributed by atoms with Crippen LogP contribution in [0.2, 0.25) is 0 Å². The minimum absolute atomic E-state index is 0.110. The first-order chi connectivity index (χ1) is 12.0. The van der Waals surface area contributed by atoms with Crippen LogP contribution in [-0.2, 0) is 0 Å². The summed E-state index contributed by atoms with van der Waals surface area (Å²) in [6.07, 6.45) is 3.27. The number of nitrogens with zero attached hydrogens (tertiary/aromatic N) is 1. The Morgan fingerprint density at radius 2 is 1.80 bits per heavy atom. The Morgan fingerprint density at radius 1 is 0.960 bits per heavy atom. The smallest absolute Gasteiger partial charge is 0.456 e. The van der Waals surface area contributed by atoms with Gasteiger partial charge >= 0.3 is 5.51 Å². The SMILES string of the molecule is FC(F)(F)SOc1ccc2cncc(-c3cc4ccccc4o3)c2c1. The molecule has 0 saturated carbocycles. The quantitative estimate of drug-likeness (QED) is 0.407. The maximum Gasteiger partial charge on any atom is 0.479 e. The molecule has 0 fully saturated rings. The molecule has 3 nitrogen and oxygen atoms in total. The van der Waals surface area contributed by atoms with Gasteiger partial charge < -0.3 is 8.60 Å². The van der Waals surface area contributed by atoms with Gasteiger partial charge in [-0.15, -0.1) is 0 Å². The molecule has 0 bridgehead atoms. The minimum Gasteiger partial charge on any atom is -0.456 e. The Kier molecular flexibility index (Phi) is 3.80. The lowest BCUT2D eigenvalue weighted by Gasteiger charge is -2.08. The highest BCUT2D eigenvalue weighted by atomic mass is 32.2. The van der Waals surface area contributed by atoms with Gasteiger partial charge in [0.05, 0.1) is 0 Å². The fourth-order valence-corrected chi connectivity index (χ4v) is 2.90. The minimum atomic E-state index is -4.46. The molecule has 126 valence electrons. The highest BCUT2D eigenvalue weighted by Crippen LogP contribution is 2.36. The van der Waals surface area contributed by atoms with Gasteiger partial charge in [-0.25, -0.2) is 0 Å². The second kappa shape index (κ2) is 6.00. The molecule has 0 spiro atoms. The number of alkyl halides is 3. The first-order valence-electron chi connectivity index (χ1n) is 7.29. The van der Waals surface area contributed by atoms with Gasteiger partial charge in [-0.05, 0) is 35.7 Å². The molecule has 0 amide bonds. The molecule has 0 unspecified atom stereocenters. The first-order valence-corrected chi connectivity index (χ1v) is 8.03. The number of hydrogen-bond donors (Lipinski definition) is 0. The van der Waals surface area contributed by atoms with E-state index in [9.17, 15) is 13.2 Å². The van der Waals surface area contributed by atoms with Crippen LogP contribution >= 0.6 is 12.0 Å². The van der Waals surface area contributed by atoms with Crippen LogP contribution in [0.3, 0.4) is 0 Å². The third-order valence-electron chi connectivity index (χ3n) is 3.66. The number of aromatic nitrogens is 1. The van der Waals surface area contributed by atoms with Crippen molar-refractivity contribution in [2.75, 3.05) is 0 Å². The van der Waals surface area contributed by atoms with Crippen LogP contribution in [0.25, 0.3) is 33.1 Å². The van der Waals surface area contributed by atoms with Crippen molar-refractivity contribution in [3.63, 3.8) is 0 Å². The van der Waals surface area contributed by atoms with Crippen LogP contribution in [-0.4, -0.2) is 10.5 Å². The number of pyridine rings is 1. The van der Waals surface area contributed by atoms with Crippen molar-refractivity contribution < 1.29 is 21.8 Å². The number of benzene rings is 2. The van der Waals surface area contributed by atoms with Crippen LogP contribution in [0.5, 0.6) is 5.75 Å². The van der Waals surface area contributed by atoms with Gasteiger partial charge in [-0.3, -0.25) is 4.98 Å². The molecular formula is C18H10F3NO2S. The van der Waals surface area contributed by atoms with Crippen LogP contribution in [0.1, 0.15) is 0 Å². The molecule has 0 aliphatic rings. The first kappa shape index (κ1) is 15.8. The van der Waals surface area contributed by atoms with E-state index in [1.807, 2.05) is 30.3 Å². The molecule has 2 aromatic carbocycles. The number of furan rings is 1. The molecule has 2 heterocycles. The van der Waals surface area contributed by atoms with Crippen LogP contribution < -0.4 is 4.18 Å². The summed E-state index contributed by atoms with van der Waals surface area (Å²) < 4.78 is 47.6. The summed E-state index contributed by atoms with van der Waals surface area (Å²) in [6.45, 7) is 0. The van der Waals surface area contributed by atoms with Crippen LogP contribution in [0, 0.1) is 0 Å². The largest absolute Gasteiger partial charge is 0.479 e. The molecule has 7 heteroatoms. The van der Waals surface area contributed by atoms with Gasteiger partial charge in [-0.1, -0.05) is 18.2 Å². The Bertz CT molecular complexity index is 1030. The summed E-state index contributed by atoms with van der Waals surface area (Å²) in [5.41, 5.74) is -3.04. The van der Waals surface area contributed by atoms with Crippen molar-refractivity contribution in [3.8, 4) is 17.1 Å². The average molecular weight is 361 g/mol. The lowest BCUT2D eigenvalue weighted by atomic mass is 10.1. The maximum atomic E-state index is 12.3. The summed E-state index contributed by atoms with van der Waals surface area (Å²) in [5.74, 6) is 0.707. The standard InChI is InChI=1S/C18H10F3NO2S/c19-18(20,21)25-24-13-6-5-12-9-22-10-15(14(12)8-13)17-7-11-3-1-2-4-16(11)23-17/h1-10H. The summed E-state index contributed by atoms with van der Waals surface area (Å²) in [6, 6.07) is 14.1. The van der Waals surface area contributed by atoms with E-state index >= 15 is 0 Å². The fraction of sp³-hybridized carbons (Fsp3) is 0.0556. The molecule has 0 aliphatic heterocycles. The van der Waals surface area contributed by atoms with Crippen molar-refractivity contribution >= 4 is 33.8 Å². The lowest BCUT2D eigenvalue weighted by molar-refractivity contribution is -0.0369. The Hall–Kier alpha value is -2.67. The van der Waals surface area contributed by atoms with Crippen molar-refractivity contribution in [1.82, 2.24) is 4.98 Å². The number of hydrogen-bond acceptors (Lipinski definition) is 4. The van der Waals surface area contributed by atoms with E-state index in [0.717, 1.165) is 16.4 Å². The summed E-state index contributed by atoms with van der Waals surface area (Å²) in [7, 11) is 0. The molecule has 0 saturated heterocycles. The van der Waals surface area contributed by atoms with Crippen LogP contribution in [0.15, 0.2) is 65.3 Å². The molecule has 25 heavy (non-hydrogen) atoms. The fourth-order valence-electron chi connectivity index (χ4n) is 2.60. The molecule has 0 radical (unpaired) electrons. The van der Waals surface area contributed by atoms with E-state index in [1.165, 1.54) is 6.07 Å². The monoisotopic (exact) mass is 361 g/mol. The van der Waals surface area contributed by atoms with Gasteiger partial charge in [0, 0.05) is 28.7 Å². The summed E-state index contributed by atoms with van der Waals surface area (Å²) >= 11 is -0.538. The van der Waals surface area contributed by atoms with E-state index in [-0.39, 0.29) is 5.75 Å². The Morgan fingerprint density at radius 3 is 2.60 bits per heavy atom. The van der Waals surface area contributed by atoms with Crippen molar-refractivity contribution in [2.45, 2.75) is 5.51 Å². The van der Waals surface area contributed by atoms with E-state index in [0.29, 0.717) is 16.7 Å². The molecule has 4 rings (SSSR count). The van der Waals surface area contributed by atoms with Crippen molar-refractivity contribution in [3.05, 3.63) is 60.9 Å². The van der Waals surface area contributed by atoms with Gasteiger partial charge in [0.25, 0.3) is 0 Å². The average Bonchev–Trinajstić information content (AvgIpc) is 3.02. The topological polar surface area (TPSA) is 35.3 Å². The lowest BCUT2D eigenvalue weighted by Crippen LogP contribution is -2.02. The highest BCUT2D eigenvalue weighted by Gasteiger charge is 2.31. The molecule has 0 aliphatic carbocycles.